The Morgan fingerprint density at radius 3 is 2.58 bits per heavy atom. The number of halogens is 3. The molecular formula is C24H23F3N8O3. The zero-order chi connectivity index (χ0) is 26.4. The number of anilines is 1. The quantitative estimate of drug-likeness (QED) is 0.344. The molecule has 1 aliphatic heterocycles. The predicted molar refractivity (Wildman–Crippen MR) is 128 cm³/mol. The van der Waals surface area contributed by atoms with Crippen molar-refractivity contribution in [3.05, 3.63) is 60.6 Å². The molecule has 3 aromatic heterocycles. The number of ether oxygens (including phenoxy) is 2. The molecular weight excluding hydrogens is 505 g/mol. The van der Waals surface area contributed by atoms with Crippen LogP contribution < -0.4 is 10.1 Å². The molecule has 0 spiro atoms. The molecule has 1 aromatic carbocycles. The molecule has 4 aromatic rings. The Balaban J connectivity index is 1.17. The summed E-state index contributed by atoms with van der Waals surface area (Å²) in [6.07, 6.45) is -0.454. The second-order valence-electron chi connectivity index (χ2n) is 8.26. The summed E-state index contributed by atoms with van der Waals surface area (Å²) in [5.74, 6) is -0.193. The molecule has 14 heteroatoms. The van der Waals surface area contributed by atoms with Gasteiger partial charge in [0.25, 0.3) is 0 Å². The van der Waals surface area contributed by atoms with Crippen molar-refractivity contribution < 1.29 is 27.2 Å². The van der Waals surface area contributed by atoms with E-state index in [1.807, 2.05) is 24.3 Å². The third-order valence-corrected chi connectivity index (χ3v) is 5.60. The Hall–Kier alpha value is -4.17. The van der Waals surface area contributed by atoms with Crippen LogP contribution >= 0.6 is 0 Å². The van der Waals surface area contributed by atoms with E-state index in [-0.39, 0.29) is 17.9 Å². The van der Waals surface area contributed by atoms with E-state index in [2.05, 4.69) is 44.8 Å². The van der Waals surface area contributed by atoms with Crippen LogP contribution in [0.5, 0.6) is 5.75 Å². The minimum Gasteiger partial charge on any atom is -0.492 e. The number of nitrogens with zero attached hydrogens (tertiary/aromatic N) is 7. The molecule has 11 nitrogen and oxygen atoms in total. The van der Waals surface area contributed by atoms with Gasteiger partial charge in [0, 0.05) is 43.8 Å². The van der Waals surface area contributed by atoms with Gasteiger partial charge in [-0.15, -0.1) is 0 Å². The molecule has 1 saturated heterocycles. The number of hydrogen-bond acceptors (Lipinski definition) is 11. The summed E-state index contributed by atoms with van der Waals surface area (Å²) in [4.78, 5) is 22.7. The van der Waals surface area contributed by atoms with Crippen LogP contribution in [0.4, 0.5) is 19.1 Å². The first-order chi connectivity index (χ1) is 18.4. The van der Waals surface area contributed by atoms with E-state index in [4.69, 9.17) is 9.47 Å². The standard InChI is InChI=1S/C24H23F3N8O3/c25-24(26,27)22-33-21(34-38-22)17-13-29-20(30-14-17)15-31-23-28-5-4-19(32-23)16-2-1-3-18(12-16)37-11-8-35-6-9-36-10-7-35/h1-5,12-14H,6-11,15H2,(H,28,31,32). The van der Waals surface area contributed by atoms with Gasteiger partial charge in [-0.05, 0) is 18.2 Å². The van der Waals surface area contributed by atoms with Crippen LogP contribution in [-0.2, 0) is 17.5 Å². The molecule has 5 rings (SSSR count). The summed E-state index contributed by atoms with van der Waals surface area (Å²) >= 11 is 0. The lowest BCUT2D eigenvalue weighted by molar-refractivity contribution is -0.159. The van der Waals surface area contributed by atoms with Crippen LogP contribution in [0.1, 0.15) is 11.7 Å². The van der Waals surface area contributed by atoms with Crippen LogP contribution in [0.3, 0.4) is 0 Å². The maximum atomic E-state index is 12.7. The summed E-state index contributed by atoms with van der Waals surface area (Å²) < 4.78 is 53.5. The number of benzene rings is 1. The van der Waals surface area contributed by atoms with E-state index >= 15 is 0 Å². The molecule has 198 valence electrons. The van der Waals surface area contributed by atoms with Gasteiger partial charge in [0.05, 0.1) is 31.0 Å². The van der Waals surface area contributed by atoms with E-state index < -0.39 is 12.1 Å². The van der Waals surface area contributed by atoms with Crippen LogP contribution in [0, 0.1) is 0 Å². The summed E-state index contributed by atoms with van der Waals surface area (Å²) in [5.41, 5.74) is 1.77. The lowest BCUT2D eigenvalue weighted by Crippen LogP contribution is -2.38. The Bertz CT molecular complexity index is 1340. The minimum absolute atomic E-state index is 0.189. The van der Waals surface area contributed by atoms with Crippen molar-refractivity contribution in [1.29, 1.82) is 0 Å². The lowest BCUT2D eigenvalue weighted by atomic mass is 10.1. The van der Waals surface area contributed by atoms with Gasteiger partial charge in [-0.25, -0.2) is 19.9 Å². The molecule has 0 radical (unpaired) electrons. The van der Waals surface area contributed by atoms with Crippen LogP contribution in [0.2, 0.25) is 0 Å². The number of nitrogens with one attached hydrogen (secondary N) is 1. The Labute approximate surface area is 215 Å². The summed E-state index contributed by atoms with van der Waals surface area (Å²) in [5, 5.41) is 6.37. The largest absolute Gasteiger partial charge is 0.492 e. The summed E-state index contributed by atoms with van der Waals surface area (Å²) in [6.45, 7) is 4.94. The van der Waals surface area contributed by atoms with Gasteiger partial charge in [-0.3, -0.25) is 4.90 Å². The average Bonchev–Trinajstić information content (AvgIpc) is 3.45. The van der Waals surface area contributed by atoms with Crippen molar-refractivity contribution in [2.75, 3.05) is 44.8 Å². The highest BCUT2D eigenvalue weighted by molar-refractivity contribution is 5.62. The van der Waals surface area contributed by atoms with E-state index in [1.165, 1.54) is 12.4 Å². The Morgan fingerprint density at radius 2 is 1.82 bits per heavy atom. The molecule has 0 amide bonds. The SMILES string of the molecule is FC(F)(F)c1nc(-c2cnc(CNc3nccc(-c4cccc(OCCN5CCOCC5)c4)n3)nc2)no1. The zero-order valence-electron chi connectivity index (χ0n) is 20.1. The van der Waals surface area contributed by atoms with Crippen molar-refractivity contribution in [1.82, 2.24) is 35.0 Å². The van der Waals surface area contributed by atoms with Crippen LogP contribution in [0.15, 0.2) is 53.4 Å². The number of hydrogen-bond donors (Lipinski definition) is 1. The molecule has 0 unspecified atom stereocenters. The van der Waals surface area contributed by atoms with E-state index in [0.29, 0.717) is 24.1 Å². The molecule has 0 bridgehead atoms. The highest BCUT2D eigenvalue weighted by atomic mass is 19.4. The third-order valence-electron chi connectivity index (χ3n) is 5.60. The summed E-state index contributed by atoms with van der Waals surface area (Å²) in [7, 11) is 0. The summed E-state index contributed by atoms with van der Waals surface area (Å²) in [6, 6.07) is 9.47. The second kappa shape index (κ2) is 11.5. The normalized spacial score (nSPS) is 14.4. The van der Waals surface area contributed by atoms with Crippen LogP contribution in [0.25, 0.3) is 22.6 Å². The van der Waals surface area contributed by atoms with Gasteiger partial charge < -0.3 is 19.3 Å². The predicted octanol–water partition coefficient (Wildman–Crippen LogP) is 3.33. The highest BCUT2D eigenvalue weighted by Gasteiger charge is 2.38. The first-order valence-corrected chi connectivity index (χ1v) is 11.8. The first kappa shape index (κ1) is 25.5. The fraction of sp³-hybridized carbons (Fsp3) is 0.333. The van der Waals surface area contributed by atoms with E-state index in [0.717, 1.165) is 44.2 Å². The van der Waals surface area contributed by atoms with Gasteiger partial charge >= 0.3 is 12.1 Å². The fourth-order valence-corrected chi connectivity index (χ4v) is 3.64. The number of morpholine rings is 1. The molecule has 0 atom stereocenters. The minimum atomic E-state index is -4.72. The Morgan fingerprint density at radius 1 is 1.00 bits per heavy atom. The van der Waals surface area contributed by atoms with Crippen molar-refractivity contribution in [3.63, 3.8) is 0 Å². The molecule has 1 N–H and O–H groups in total. The maximum absolute atomic E-state index is 12.7. The van der Waals surface area contributed by atoms with Gasteiger partial charge in [-0.1, -0.05) is 17.3 Å². The van der Waals surface area contributed by atoms with Gasteiger partial charge in [0.2, 0.25) is 11.8 Å². The second-order valence-corrected chi connectivity index (χ2v) is 8.26. The molecule has 1 aliphatic rings. The molecule has 0 saturated carbocycles. The average molecular weight is 528 g/mol. The number of rotatable bonds is 9. The van der Waals surface area contributed by atoms with Gasteiger partial charge in [0.1, 0.15) is 18.2 Å². The highest BCUT2D eigenvalue weighted by Crippen LogP contribution is 2.29. The van der Waals surface area contributed by atoms with Crippen LogP contribution in [-0.4, -0.2) is 74.4 Å². The lowest BCUT2D eigenvalue weighted by Gasteiger charge is -2.26. The van der Waals surface area contributed by atoms with Crippen molar-refractivity contribution in [2.24, 2.45) is 0 Å². The van der Waals surface area contributed by atoms with Gasteiger partial charge in [0.15, 0.2) is 0 Å². The smallest absolute Gasteiger partial charge is 0.471 e. The topological polar surface area (TPSA) is 124 Å². The molecule has 4 heterocycles. The van der Waals surface area contributed by atoms with E-state index in [1.54, 1.807) is 12.3 Å². The van der Waals surface area contributed by atoms with Crippen molar-refractivity contribution in [3.8, 4) is 28.4 Å². The van der Waals surface area contributed by atoms with Crippen molar-refractivity contribution in [2.45, 2.75) is 12.7 Å². The Kier molecular flexibility index (Phi) is 7.70. The molecule has 38 heavy (non-hydrogen) atoms. The van der Waals surface area contributed by atoms with E-state index in [9.17, 15) is 13.2 Å². The monoisotopic (exact) mass is 528 g/mol. The number of aromatic nitrogens is 6. The zero-order valence-corrected chi connectivity index (χ0v) is 20.1. The molecule has 1 fully saturated rings. The maximum Gasteiger partial charge on any atom is 0.471 e. The first-order valence-electron chi connectivity index (χ1n) is 11.8. The van der Waals surface area contributed by atoms with Gasteiger partial charge in [-0.2, -0.15) is 18.2 Å². The molecule has 0 aliphatic carbocycles. The van der Waals surface area contributed by atoms with Crippen molar-refractivity contribution >= 4 is 5.95 Å². The third kappa shape index (κ3) is 6.58. The fourth-order valence-electron chi connectivity index (χ4n) is 3.64. The number of alkyl halides is 3.